The van der Waals surface area contributed by atoms with E-state index in [-0.39, 0.29) is 5.91 Å². The highest BCUT2D eigenvalue weighted by atomic mass is 16.2. The van der Waals surface area contributed by atoms with Gasteiger partial charge < -0.3 is 16.0 Å². The molecule has 4 nitrogen and oxygen atoms in total. The number of rotatable bonds is 6. The number of likely N-dealkylation sites (N-methyl/N-ethyl adjacent to an activating group) is 1. The Kier molecular flexibility index (Phi) is 5.83. The minimum absolute atomic E-state index is 0.0574. The lowest BCUT2D eigenvalue weighted by atomic mass is 9.96. The highest BCUT2D eigenvalue weighted by molar-refractivity contribution is 5.85. The highest BCUT2D eigenvalue weighted by Gasteiger charge is 2.27. The van der Waals surface area contributed by atoms with Crippen LogP contribution in [-0.4, -0.2) is 43.0 Å². The Labute approximate surface area is 93.2 Å². The van der Waals surface area contributed by atoms with Crippen LogP contribution >= 0.6 is 0 Å². The van der Waals surface area contributed by atoms with Crippen molar-refractivity contribution in [2.45, 2.75) is 45.2 Å². The zero-order chi connectivity index (χ0) is 12.1. The second-order valence-electron chi connectivity index (χ2n) is 4.69. The quantitative estimate of drug-likeness (QED) is 0.681. The van der Waals surface area contributed by atoms with Crippen LogP contribution in [0.2, 0.25) is 0 Å². The second kappa shape index (κ2) is 6.08. The summed E-state index contributed by atoms with van der Waals surface area (Å²) in [6.45, 7) is 6.52. The van der Waals surface area contributed by atoms with Crippen molar-refractivity contribution in [3.8, 4) is 0 Å². The number of carbonyl (C=O) groups excluding carboxylic acids is 1. The predicted molar refractivity (Wildman–Crippen MR) is 63.7 cm³/mol. The molecule has 1 amide bonds. The van der Waals surface area contributed by atoms with Crippen LogP contribution in [0.5, 0.6) is 0 Å². The number of nitrogens with zero attached hydrogens (tertiary/aromatic N) is 1. The minimum atomic E-state index is -0.735. The molecule has 0 aliphatic rings. The van der Waals surface area contributed by atoms with E-state index >= 15 is 0 Å². The summed E-state index contributed by atoms with van der Waals surface area (Å²) >= 11 is 0. The average Bonchev–Trinajstić information content (AvgIpc) is 2.13. The normalized spacial score (nSPS) is 17.3. The molecule has 0 aromatic carbocycles. The van der Waals surface area contributed by atoms with Crippen LogP contribution in [-0.2, 0) is 4.79 Å². The summed E-state index contributed by atoms with van der Waals surface area (Å²) in [7, 11) is 3.98. The maximum atomic E-state index is 11.7. The van der Waals surface area contributed by atoms with E-state index in [0.29, 0.717) is 12.6 Å². The summed E-state index contributed by atoms with van der Waals surface area (Å²) < 4.78 is 0. The molecule has 0 spiro atoms. The van der Waals surface area contributed by atoms with Crippen molar-refractivity contribution in [2.75, 3.05) is 20.6 Å². The minimum Gasteiger partial charge on any atom is -0.353 e. The summed E-state index contributed by atoms with van der Waals surface area (Å²) in [5.74, 6) is -0.0574. The number of hydrogen-bond donors (Lipinski definition) is 2. The molecule has 0 fully saturated rings. The molecule has 0 saturated carbocycles. The van der Waals surface area contributed by atoms with E-state index in [0.717, 1.165) is 12.8 Å². The van der Waals surface area contributed by atoms with Crippen LogP contribution in [0.25, 0.3) is 0 Å². The molecule has 2 unspecified atom stereocenters. The largest absolute Gasteiger partial charge is 0.353 e. The fourth-order valence-electron chi connectivity index (χ4n) is 1.26. The van der Waals surface area contributed by atoms with E-state index < -0.39 is 5.54 Å². The van der Waals surface area contributed by atoms with Gasteiger partial charge in [0.25, 0.3) is 0 Å². The van der Waals surface area contributed by atoms with E-state index in [1.165, 1.54) is 0 Å². The predicted octanol–water partition coefficient (Wildman–Crippen LogP) is 0.570. The van der Waals surface area contributed by atoms with Crippen LogP contribution in [0.3, 0.4) is 0 Å². The molecule has 0 bridgehead atoms. The first-order valence-corrected chi connectivity index (χ1v) is 5.55. The van der Waals surface area contributed by atoms with Gasteiger partial charge in [-0.15, -0.1) is 0 Å². The average molecular weight is 215 g/mol. The maximum Gasteiger partial charge on any atom is 0.239 e. The van der Waals surface area contributed by atoms with Crippen molar-refractivity contribution in [2.24, 2.45) is 5.73 Å². The van der Waals surface area contributed by atoms with E-state index in [2.05, 4.69) is 17.1 Å². The summed E-state index contributed by atoms with van der Waals surface area (Å²) in [6.07, 6.45) is 1.64. The zero-order valence-corrected chi connectivity index (χ0v) is 10.6. The smallest absolute Gasteiger partial charge is 0.239 e. The Morgan fingerprint density at radius 1 is 1.53 bits per heavy atom. The van der Waals surface area contributed by atoms with E-state index in [1.807, 2.05) is 21.0 Å². The lowest BCUT2D eigenvalue weighted by Crippen LogP contribution is -2.53. The molecular formula is C11H25N3O. The Hall–Kier alpha value is -0.610. The Bertz CT molecular complexity index is 202. The van der Waals surface area contributed by atoms with Crippen LogP contribution in [0.4, 0.5) is 0 Å². The standard InChI is InChI=1S/C11H25N3O/c1-6-7-11(3,12)10(15)13-8-9(2)14(4)5/h9H,6-8,12H2,1-5H3,(H,13,15). The van der Waals surface area contributed by atoms with Crippen molar-refractivity contribution in [1.82, 2.24) is 10.2 Å². The van der Waals surface area contributed by atoms with Gasteiger partial charge in [0.2, 0.25) is 5.91 Å². The molecular weight excluding hydrogens is 190 g/mol. The van der Waals surface area contributed by atoms with Crippen LogP contribution < -0.4 is 11.1 Å². The van der Waals surface area contributed by atoms with Gasteiger partial charge in [0.15, 0.2) is 0 Å². The van der Waals surface area contributed by atoms with Crippen molar-refractivity contribution >= 4 is 5.91 Å². The molecule has 90 valence electrons. The fourth-order valence-corrected chi connectivity index (χ4v) is 1.26. The first kappa shape index (κ1) is 14.4. The molecule has 0 aliphatic carbocycles. The van der Waals surface area contributed by atoms with Gasteiger partial charge in [0.05, 0.1) is 5.54 Å². The third kappa shape index (κ3) is 5.14. The first-order chi connectivity index (χ1) is 6.81. The Morgan fingerprint density at radius 3 is 2.47 bits per heavy atom. The van der Waals surface area contributed by atoms with Gasteiger partial charge in [0, 0.05) is 12.6 Å². The first-order valence-electron chi connectivity index (χ1n) is 5.55. The van der Waals surface area contributed by atoms with Gasteiger partial charge >= 0.3 is 0 Å². The maximum absolute atomic E-state index is 11.7. The number of carbonyl (C=O) groups is 1. The number of amides is 1. The number of nitrogens with one attached hydrogen (secondary N) is 1. The molecule has 0 rings (SSSR count). The second-order valence-corrected chi connectivity index (χ2v) is 4.69. The molecule has 0 aromatic rings. The van der Waals surface area contributed by atoms with Crippen LogP contribution in [0.1, 0.15) is 33.6 Å². The third-order valence-corrected chi connectivity index (χ3v) is 2.73. The molecule has 15 heavy (non-hydrogen) atoms. The summed E-state index contributed by atoms with van der Waals surface area (Å²) in [5, 5.41) is 2.88. The topological polar surface area (TPSA) is 58.4 Å². The fraction of sp³-hybridized carbons (Fsp3) is 0.909. The Balaban J connectivity index is 4.03. The zero-order valence-electron chi connectivity index (χ0n) is 10.6. The summed E-state index contributed by atoms with van der Waals surface area (Å²) in [4.78, 5) is 13.8. The molecule has 0 aliphatic heterocycles. The van der Waals surface area contributed by atoms with E-state index in [4.69, 9.17) is 5.73 Å². The van der Waals surface area contributed by atoms with Crippen molar-refractivity contribution in [3.63, 3.8) is 0 Å². The van der Waals surface area contributed by atoms with Gasteiger partial charge in [0.1, 0.15) is 0 Å². The van der Waals surface area contributed by atoms with Crippen molar-refractivity contribution in [3.05, 3.63) is 0 Å². The molecule has 0 heterocycles. The van der Waals surface area contributed by atoms with Gasteiger partial charge in [-0.3, -0.25) is 4.79 Å². The molecule has 0 radical (unpaired) electrons. The molecule has 0 aromatic heterocycles. The van der Waals surface area contributed by atoms with E-state index in [9.17, 15) is 4.79 Å². The monoisotopic (exact) mass is 215 g/mol. The van der Waals surface area contributed by atoms with Gasteiger partial charge in [-0.25, -0.2) is 0 Å². The van der Waals surface area contributed by atoms with Crippen molar-refractivity contribution < 1.29 is 4.79 Å². The summed E-state index contributed by atoms with van der Waals surface area (Å²) in [5.41, 5.74) is 5.17. The SMILES string of the molecule is CCCC(C)(N)C(=O)NCC(C)N(C)C. The van der Waals surface area contributed by atoms with Crippen molar-refractivity contribution in [1.29, 1.82) is 0 Å². The van der Waals surface area contributed by atoms with Crippen LogP contribution in [0.15, 0.2) is 0 Å². The Morgan fingerprint density at radius 2 is 2.07 bits per heavy atom. The number of nitrogens with two attached hydrogens (primary N) is 1. The lowest BCUT2D eigenvalue weighted by molar-refractivity contribution is -0.126. The summed E-state index contributed by atoms with van der Waals surface area (Å²) in [6, 6.07) is 0.325. The van der Waals surface area contributed by atoms with Gasteiger partial charge in [-0.1, -0.05) is 13.3 Å². The molecule has 4 heteroatoms. The van der Waals surface area contributed by atoms with Gasteiger partial charge in [-0.05, 0) is 34.4 Å². The lowest BCUT2D eigenvalue weighted by Gasteiger charge is -2.26. The molecule has 0 saturated heterocycles. The van der Waals surface area contributed by atoms with Crippen LogP contribution in [0, 0.1) is 0 Å². The molecule has 3 N–H and O–H groups in total. The molecule has 2 atom stereocenters. The van der Waals surface area contributed by atoms with E-state index in [1.54, 1.807) is 6.92 Å². The highest BCUT2D eigenvalue weighted by Crippen LogP contribution is 2.08. The third-order valence-electron chi connectivity index (χ3n) is 2.73. The number of hydrogen-bond acceptors (Lipinski definition) is 3. The van der Waals surface area contributed by atoms with Gasteiger partial charge in [-0.2, -0.15) is 0 Å².